The second kappa shape index (κ2) is 6.79. The zero-order valence-corrected chi connectivity index (χ0v) is 13.6. The molecule has 1 aliphatic rings. The smallest absolute Gasteiger partial charge is 0.321 e. The van der Waals surface area contributed by atoms with Gasteiger partial charge in [-0.15, -0.1) is 0 Å². The average molecular weight is 332 g/mol. The Bertz CT molecular complexity index is 547. The van der Waals surface area contributed by atoms with Gasteiger partial charge in [-0.1, -0.05) is 18.5 Å². The minimum Gasteiger partial charge on any atom is -0.324 e. The van der Waals surface area contributed by atoms with Crippen LogP contribution in [0.15, 0.2) is 12.1 Å². The molecule has 1 aromatic carbocycles. The molecule has 0 unspecified atom stereocenters. The van der Waals surface area contributed by atoms with E-state index in [1.807, 2.05) is 7.05 Å². The fourth-order valence-corrected chi connectivity index (χ4v) is 3.17. The normalized spacial score (nSPS) is 22.5. The maximum absolute atomic E-state index is 13.7. The van der Waals surface area contributed by atoms with Gasteiger partial charge in [0.15, 0.2) is 5.82 Å². The van der Waals surface area contributed by atoms with Crippen molar-refractivity contribution in [3.63, 3.8) is 0 Å². The molecule has 1 saturated heterocycles. The molecule has 2 rings (SSSR count). The van der Waals surface area contributed by atoms with Crippen LogP contribution in [0.3, 0.4) is 0 Å². The SMILES string of the molecule is C[C@H]1CN(C)CC[C@@H]1N(C)C(=O)Nc1c(F)cc(F)cc1Cl. The molecule has 1 fully saturated rings. The van der Waals surface area contributed by atoms with E-state index in [1.165, 1.54) is 0 Å². The molecule has 0 aromatic heterocycles. The highest BCUT2D eigenvalue weighted by Crippen LogP contribution is 2.27. The van der Waals surface area contributed by atoms with Gasteiger partial charge in [0.2, 0.25) is 0 Å². The maximum Gasteiger partial charge on any atom is 0.321 e. The number of anilines is 1. The highest BCUT2D eigenvalue weighted by molar-refractivity contribution is 6.33. The zero-order chi connectivity index (χ0) is 16.4. The van der Waals surface area contributed by atoms with Gasteiger partial charge in [-0.2, -0.15) is 0 Å². The van der Waals surface area contributed by atoms with Gasteiger partial charge in [-0.05, 0) is 32.0 Å². The standard InChI is InChI=1S/C15H20ClF2N3O/c1-9-8-20(2)5-4-13(9)21(3)15(22)19-14-11(16)6-10(17)7-12(14)18/h6-7,9,13H,4-5,8H2,1-3H3,(H,19,22)/t9-,13-/m0/s1. The van der Waals surface area contributed by atoms with Crippen LogP contribution in [-0.2, 0) is 0 Å². The predicted octanol–water partition coefficient (Wildman–Crippen LogP) is 3.42. The lowest BCUT2D eigenvalue weighted by molar-refractivity contribution is 0.113. The third-order valence-corrected chi connectivity index (χ3v) is 4.42. The van der Waals surface area contributed by atoms with Crippen LogP contribution < -0.4 is 5.32 Å². The maximum atomic E-state index is 13.7. The van der Waals surface area contributed by atoms with E-state index in [9.17, 15) is 13.6 Å². The summed E-state index contributed by atoms with van der Waals surface area (Å²) in [4.78, 5) is 16.1. The number of hydrogen-bond donors (Lipinski definition) is 1. The molecule has 1 N–H and O–H groups in total. The lowest BCUT2D eigenvalue weighted by Gasteiger charge is -2.39. The van der Waals surface area contributed by atoms with Crippen LogP contribution in [0.5, 0.6) is 0 Å². The molecule has 4 nitrogen and oxygen atoms in total. The lowest BCUT2D eigenvalue weighted by atomic mass is 9.93. The molecule has 0 bridgehead atoms. The van der Waals surface area contributed by atoms with Crippen LogP contribution in [0.4, 0.5) is 19.3 Å². The number of piperidine rings is 1. The van der Waals surface area contributed by atoms with Crippen molar-refractivity contribution in [1.29, 1.82) is 0 Å². The third kappa shape index (κ3) is 3.67. The minimum absolute atomic E-state index is 0.0680. The average Bonchev–Trinajstić information content (AvgIpc) is 2.41. The van der Waals surface area contributed by atoms with Crippen molar-refractivity contribution in [3.8, 4) is 0 Å². The van der Waals surface area contributed by atoms with Gasteiger partial charge in [0.25, 0.3) is 0 Å². The number of carbonyl (C=O) groups excluding carboxylic acids is 1. The summed E-state index contributed by atoms with van der Waals surface area (Å²) >= 11 is 5.80. The molecule has 1 heterocycles. The van der Waals surface area contributed by atoms with E-state index in [2.05, 4.69) is 17.1 Å². The molecule has 1 aliphatic heterocycles. The first-order valence-electron chi connectivity index (χ1n) is 7.16. The Morgan fingerprint density at radius 3 is 2.73 bits per heavy atom. The van der Waals surface area contributed by atoms with E-state index < -0.39 is 17.7 Å². The van der Waals surface area contributed by atoms with Crippen molar-refractivity contribution in [1.82, 2.24) is 9.80 Å². The molecule has 122 valence electrons. The fourth-order valence-electron chi connectivity index (χ4n) is 2.92. The van der Waals surface area contributed by atoms with E-state index in [-0.39, 0.29) is 16.8 Å². The lowest BCUT2D eigenvalue weighted by Crippen LogP contribution is -2.50. The van der Waals surface area contributed by atoms with Crippen LogP contribution in [0, 0.1) is 17.6 Å². The third-order valence-electron chi connectivity index (χ3n) is 4.12. The largest absolute Gasteiger partial charge is 0.324 e. The summed E-state index contributed by atoms with van der Waals surface area (Å²) in [5.41, 5.74) is -0.194. The van der Waals surface area contributed by atoms with Crippen molar-refractivity contribution in [2.24, 2.45) is 5.92 Å². The van der Waals surface area contributed by atoms with Gasteiger partial charge >= 0.3 is 6.03 Å². The van der Waals surface area contributed by atoms with Gasteiger partial charge in [0, 0.05) is 25.7 Å². The van der Waals surface area contributed by atoms with Crippen molar-refractivity contribution in [2.45, 2.75) is 19.4 Å². The Labute approximate surface area is 134 Å². The van der Waals surface area contributed by atoms with Crippen LogP contribution in [0.25, 0.3) is 0 Å². The van der Waals surface area contributed by atoms with Crippen molar-refractivity contribution in [2.75, 3.05) is 32.5 Å². The fraction of sp³-hybridized carbons (Fsp3) is 0.533. The van der Waals surface area contributed by atoms with Crippen molar-refractivity contribution in [3.05, 3.63) is 28.8 Å². The summed E-state index contributed by atoms with van der Waals surface area (Å²) in [6, 6.07) is 1.28. The van der Waals surface area contributed by atoms with Gasteiger partial charge < -0.3 is 15.1 Å². The molecule has 0 saturated carbocycles. The quantitative estimate of drug-likeness (QED) is 0.901. The molecule has 0 aliphatic carbocycles. The summed E-state index contributed by atoms with van der Waals surface area (Å²) in [6.07, 6.45) is 0.848. The topological polar surface area (TPSA) is 35.6 Å². The summed E-state index contributed by atoms with van der Waals surface area (Å²) in [6.45, 7) is 3.88. The summed E-state index contributed by atoms with van der Waals surface area (Å²) in [7, 11) is 3.72. The van der Waals surface area contributed by atoms with Gasteiger partial charge in [0.1, 0.15) is 5.82 Å². The number of benzene rings is 1. The molecule has 2 atom stereocenters. The first kappa shape index (κ1) is 17.0. The van der Waals surface area contributed by atoms with E-state index in [4.69, 9.17) is 11.6 Å². The number of carbonyl (C=O) groups is 1. The first-order chi connectivity index (χ1) is 10.3. The number of halogens is 3. The monoisotopic (exact) mass is 331 g/mol. The second-order valence-electron chi connectivity index (χ2n) is 5.88. The first-order valence-corrected chi connectivity index (χ1v) is 7.54. The molecule has 2 amide bonds. The minimum atomic E-state index is -0.886. The molecule has 0 spiro atoms. The molecule has 0 radical (unpaired) electrons. The van der Waals surface area contributed by atoms with Crippen LogP contribution >= 0.6 is 11.6 Å². The predicted molar refractivity (Wildman–Crippen MR) is 83.2 cm³/mol. The Morgan fingerprint density at radius 2 is 2.14 bits per heavy atom. The van der Waals surface area contributed by atoms with Gasteiger partial charge in [0.05, 0.1) is 10.7 Å². The van der Waals surface area contributed by atoms with Crippen LogP contribution in [0.1, 0.15) is 13.3 Å². The Hall–Kier alpha value is -1.40. The van der Waals surface area contributed by atoms with Crippen LogP contribution in [-0.4, -0.2) is 49.1 Å². The molecular formula is C15H20ClF2N3O. The van der Waals surface area contributed by atoms with Crippen molar-refractivity contribution < 1.29 is 13.6 Å². The van der Waals surface area contributed by atoms with E-state index in [0.29, 0.717) is 12.0 Å². The number of nitrogens with one attached hydrogen (secondary N) is 1. The van der Waals surface area contributed by atoms with Gasteiger partial charge in [-0.3, -0.25) is 0 Å². The number of nitrogens with zero attached hydrogens (tertiary/aromatic N) is 2. The van der Waals surface area contributed by atoms with E-state index in [0.717, 1.165) is 25.6 Å². The summed E-state index contributed by atoms with van der Waals surface area (Å²) in [5, 5.41) is 2.28. The molecular weight excluding hydrogens is 312 g/mol. The van der Waals surface area contributed by atoms with Gasteiger partial charge in [-0.25, -0.2) is 13.6 Å². The molecule has 7 heteroatoms. The highest BCUT2D eigenvalue weighted by atomic mass is 35.5. The number of urea groups is 1. The molecule has 22 heavy (non-hydrogen) atoms. The summed E-state index contributed by atoms with van der Waals surface area (Å²) < 4.78 is 26.8. The van der Waals surface area contributed by atoms with E-state index in [1.54, 1.807) is 11.9 Å². The summed E-state index contributed by atoms with van der Waals surface area (Å²) in [5.74, 6) is -1.36. The van der Waals surface area contributed by atoms with E-state index >= 15 is 0 Å². The Kier molecular flexibility index (Phi) is 5.24. The number of likely N-dealkylation sites (tertiary alicyclic amines) is 1. The van der Waals surface area contributed by atoms with Crippen molar-refractivity contribution >= 4 is 23.3 Å². The number of hydrogen-bond acceptors (Lipinski definition) is 2. The number of rotatable bonds is 2. The zero-order valence-electron chi connectivity index (χ0n) is 12.9. The number of amides is 2. The molecule has 1 aromatic rings. The Balaban J connectivity index is 2.09. The van der Waals surface area contributed by atoms with Crippen LogP contribution in [0.2, 0.25) is 5.02 Å². The second-order valence-corrected chi connectivity index (χ2v) is 6.29. The Morgan fingerprint density at radius 1 is 1.45 bits per heavy atom. The highest BCUT2D eigenvalue weighted by Gasteiger charge is 2.30.